The molecule has 4 heterocycles. The van der Waals surface area contributed by atoms with Gasteiger partial charge in [-0.3, -0.25) is 14.5 Å². The average Bonchev–Trinajstić information content (AvgIpc) is 3.43. The summed E-state index contributed by atoms with van der Waals surface area (Å²) in [7, 11) is 1.49. The Balaban J connectivity index is 1.10. The fourth-order valence-electron chi connectivity index (χ4n) is 5.53. The van der Waals surface area contributed by atoms with E-state index in [9.17, 15) is 14.7 Å². The van der Waals surface area contributed by atoms with Crippen LogP contribution in [0, 0.1) is 6.92 Å². The van der Waals surface area contributed by atoms with Crippen LogP contribution in [0.4, 0.5) is 5.82 Å². The fourth-order valence-corrected chi connectivity index (χ4v) is 5.53. The minimum atomic E-state index is -0.741. The van der Waals surface area contributed by atoms with Gasteiger partial charge in [0, 0.05) is 52.2 Å². The number of pyridine rings is 1. The Morgan fingerprint density at radius 3 is 2.70 bits per heavy atom. The van der Waals surface area contributed by atoms with Crippen LogP contribution >= 0.6 is 0 Å². The largest absolute Gasteiger partial charge is 0.494 e. The number of fused-ring (bicyclic) bond motifs is 1. The first kappa shape index (κ1) is 30.3. The molecule has 0 bridgehead atoms. The number of hydrogen-bond acceptors (Lipinski definition) is 10. The summed E-state index contributed by atoms with van der Waals surface area (Å²) in [5, 5.41) is 17.0. The van der Waals surface area contributed by atoms with Crippen molar-refractivity contribution in [1.29, 1.82) is 0 Å². The lowest BCUT2D eigenvalue weighted by Crippen LogP contribution is -2.42. The summed E-state index contributed by atoms with van der Waals surface area (Å²) < 4.78 is 16.6. The monoisotopic (exact) mass is 592 g/mol. The third-order valence-electron chi connectivity index (χ3n) is 8.08. The first-order valence-corrected chi connectivity index (χ1v) is 14.7. The van der Waals surface area contributed by atoms with E-state index < -0.39 is 6.10 Å². The highest BCUT2D eigenvalue weighted by atomic mass is 16.5. The molecule has 2 aliphatic rings. The quantitative estimate of drug-likeness (QED) is 0.304. The summed E-state index contributed by atoms with van der Waals surface area (Å²) in [5.74, 6) is 2.17. The van der Waals surface area contributed by atoms with Gasteiger partial charge in [0.25, 0.3) is 5.91 Å². The van der Waals surface area contributed by atoms with Crippen LogP contribution in [0.25, 0.3) is 0 Å². The van der Waals surface area contributed by atoms with E-state index in [4.69, 9.17) is 13.9 Å². The zero-order chi connectivity index (χ0) is 30.3. The number of ether oxygens (including phenoxy) is 2. The Bertz CT molecular complexity index is 1420. The molecule has 0 aliphatic carbocycles. The summed E-state index contributed by atoms with van der Waals surface area (Å²) in [5.41, 5.74) is 3.59. The van der Waals surface area contributed by atoms with Gasteiger partial charge in [0.05, 0.1) is 30.7 Å². The number of β-amino-alcohol motifs (C(OH)–C–C–N with tert-alkyl or cyclic N) is 1. The molecule has 1 atom stereocenters. The average molecular weight is 593 g/mol. The normalized spacial score (nSPS) is 16.3. The standard InChI is InChI=1S/C31H40N6O6/c1-20-29(43-19-34-20)18-42-26-5-4-23-16-36(9-6-22(23)12-26)17-25(39)14-33-31(40)27-13-30(32-15-28(27)41-3)35-24-7-10-37(11-8-24)21(2)38/h4-5,12-13,15,19,24-25,39H,6-11,14,16-18H2,1-3H3,(H,32,35)(H,33,40)/t25-/m0/s1. The second-order valence-corrected chi connectivity index (χ2v) is 11.1. The number of aliphatic hydroxyl groups is 1. The van der Waals surface area contributed by atoms with Gasteiger partial charge in [-0.15, -0.1) is 0 Å². The summed E-state index contributed by atoms with van der Waals surface area (Å²) in [6, 6.07) is 7.91. The molecule has 230 valence electrons. The number of rotatable bonds is 11. The molecule has 2 aliphatic heterocycles. The molecule has 43 heavy (non-hydrogen) atoms. The van der Waals surface area contributed by atoms with Crippen molar-refractivity contribution in [2.75, 3.05) is 45.2 Å². The number of amides is 2. The van der Waals surface area contributed by atoms with Gasteiger partial charge >= 0.3 is 0 Å². The van der Waals surface area contributed by atoms with Crippen molar-refractivity contribution in [1.82, 2.24) is 25.1 Å². The maximum absolute atomic E-state index is 13.1. The van der Waals surface area contributed by atoms with E-state index >= 15 is 0 Å². The van der Waals surface area contributed by atoms with Gasteiger partial charge in [0.15, 0.2) is 12.2 Å². The van der Waals surface area contributed by atoms with Gasteiger partial charge in [-0.2, -0.15) is 0 Å². The van der Waals surface area contributed by atoms with Crippen molar-refractivity contribution in [2.24, 2.45) is 0 Å². The number of benzene rings is 1. The Hall–Kier alpha value is -4.16. The number of anilines is 1. The first-order valence-electron chi connectivity index (χ1n) is 14.7. The molecule has 0 radical (unpaired) electrons. The van der Waals surface area contributed by atoms with E-state index in [1.165, 1.54) is 30.8 Å². The van der Waals surface area contributed by atoms with Crippen LogP contribution in [0.2, 0.25) is 0 Å². The molecule has 5 rings (SSSR count). The number of nitrogens with zero attached hydrogens (tertiary/aromatic N) is 4. The van der Waals surface area contributed by atoms with E-state index in [0.29, 0.717) is 55.7 Å². The summed E-state index contributed by atoms with van der Waals surface area (Å²) in [4.78, 5) is 37.2. The maximum Gasteiger partial charge on any atom is 0.255 e. The Labute approximate surface area is 251 Å². The SMILES string of the molecule is COc1cnc(NC2CCN(C(C)=O)CC2)cc1C(=O)NC[C@H](O)CN1CCc2cc(OCc3ocnc3C)ccc2C1. The number of nitrogens with one attached hydrogen (secondary N) is 2. The minimum Gasteiger partial charge on any atom is -0.494 e. The lowest BCUT2D eigenvalue weighted by atomic mass is 9.99. The number of piperidine rings is 1. The molecule has 12 heteroatoms. The van der Waals surface area contributed by atoms with Gasteiger partial charge < -0.3 is 34.5 Å². The zero-order valence-corrected chi connectivity index (χ0v) is 25.0. The number of carbonyl (C=O) groups excluding carboxylic acids is 2. The number of carbonyl (C=O) groups is 2. The van der Waals surface area contributed by atoms with Crippen LogP contribution in [-0.2, 0) is 24.4 Å². The molecule has 3 aromatic rings. The lowest BCUT2D eigenvalue weighted by molar-refractivity contribution is -0.129. The van der Waals surface area contributed by atoms with Gasteiger partial charge in [-0.25, -0.2) is 9.97 Å². The number of aliphatic hydroxyl groups excluding tert-OH is 1. The third-order valence-corrected chi connectivity index (χ3v) is 8.08. The number of aromatic nitrogens is 2. The molecule has 0 unspecified atom stereocenters. The number of hydrogen-bond donors (Lipinski definition) is 3. The molecule has 1 aromatic carbocycles. The van der Waals surface area contributed by atoms with Crippen LogP contribution in [0.1, 0.15) is 52.7 Å². The molecule has 3 N–H and O–H groups in total. The second kappa shape index (κ2) is 13.9. The van der Waals surface area contributed by atoms with Gasteiger partial charge in [-0.1, -0.05) is 6.07 Å². The van der Waals surface area contributed by atoms with Crippen molar-refractivity contribution in [2.45, 2.75) is 58.4 Å². The topological polar surface area (TPSA) is 142 Å². The number of aryl methyl sites for hydroxylation is 1. The second-order valence-electron chi connectivity index (χ2n) is 11.1. The lowest BCUT2D eigenvalue weighted by Gasteiger charge is -2.32. The van der Waals surface area contributed by atoms with E-state index in [1.54, 1.807) is 13.0 Å². The summed E-state index contributed by atoms with van der Waals surface area (Å²) >= 11 is 0. The molecule has 1 saturated heterocycles. The fraction of sp³-hybridized carbons (Fsp3) is 0.484. The molecule has 1 fully saturated rings. The third kappa shape index (κ3) is 7.82. The van der Waals surface area contributed by atoms with E-state index in [-0.39, 0.29) is 24.4 Å². The highest BCUT2D eigenvalue weighted by Crippen LogP contribution is 2.25. The predicted molar refractivity (Wildman–Crippen MR) is 159 cm³/mol. The van der Waals surface area contributed by atoms with Crippen LogP contribution in [0.3, 0.4) is 0 Å². The van der Waals surface area contributed by atoms with Crippen molar-refractivity contribution in [3.8, 4) is 11.5 Å². The van der Waals surface area contributed by atoms with Crippen molar-refractivity contribution in [3.05, 3.63) is 65.0 Å². The van der Waals surface area contributed by atoms with Crippen molar-refractivity contribution >= 4 is 17.6 Å². The number of likely N-dealkylation sites (tertiary alicyclic amines) is 1. The summed E-state index contributed by atoms with van der Waals surface area (Å²) in [6.45, 7) is 7.23. The smallest absolute Gasteiger partial charge is 0.255 e. The zero-order valence-electron chi connectivity index (χ0n) is 25.0. The van der Waals surface area contributed by atoms with E-state index in [0.717, 1.165) is 37.3 Å². The Morgan fingerprint density at radius 1 is 1.16 bits per heavy atom. The predicted octanol–water partition coefficient (Wildman–Crippen LogP) is 2.54. The van der Waals surface area contributed by atoms with Crippen LogP contribution < -0.4 is 20.1 Å². The maximum atomic E-state index is 13.1. The van der Waals surface area contributed by atoms with Crippen molar-refractivity contribution < 1.29 is 28.6 Å². The number of oxazole rings is 1. The molecule has 2 aromatic heterocycles. The highest BCUT2D eigenvalue weighted by molar-refractivity contribution is 5.97. The number of methoxy groups -OCH3 is 1. The van der Waals surface area contributed by atoms with E-state index in [1.807, 2.05) is 17.9 Å². The van der Waals surface area contributed by atoms with E-state index in [2.05, 4.69) is 37.6 Å². The molecular formula is C31H40N6O6. The van der Waals surface area contributed by atoms with Crippen molar-refractivity contribution in [3.63, 3.8) is 0 Å². The summed E-state index contributed by atoms with van der Waals surface area (Å²) in [6.07, 6.45) is 4.65. The molecule has 0 saturated carbocycles. The van der Waals surface area contributed by atoms with Gasteiger partial charge in [0.2, 0.25) is 5.91 Å². The highest BCUT2D eigenvalue weighted by Gasteiger charge is 2.23. The molecular weight excluding hydrogens is 552 g/mol. The molecule has 2 amide bonds. The molecule has 0 spiro atoms. The Morgan fingerprint density at radius 2 is 1.98 bits per heavy atom. The van der Waals surface area contributed by atoms with Crippen LogP contribution in [0.5, 0.6) is 11.5 Å². The van der Waals surface area contributed by atoms with Crippen LogP contribution in [0.15, 0.2) is 41.3 Å². The van der Waals surface area contributed by atoms with Gasteiger partial charge in [0.1, 0.15) is 23.9 Å². The first-order chi connectivity index (χ1) is 20.8. The van der Waals surface area contributed by atoms with Crippen LogP contribution in [-0.4, -0.2) is 88.7 Å². The Kier molecular flexibility index (Phi) is 9.78. The van der Waals surface area contributed by atoms with Gasteiger partial charge in [-0.05, 0) is 55.5 Å². The minimum absolute atomic E-state index is 0.0853. The molecule has 12 nitrogen and oxygen atoms in total.